The summed E-state index contributed by atoms with van der Waals surface area (Å²) < 4.78 is 1.72. The van der Waals surface area contributed by atoms with Crippen LogP contribution in [0.5, 0.6) is 0 Å². The Morgan fingerprint density at radius 3 is 2.54 bits per heavy atom. The molecule has 0 atom stereocenters. The predicted octanol–water partition coefficient (Wildman–Crippen LogP) is 2.10. The molecule has 0 unspecified atom stereocenters. The molecule has 0 aliphatic rings. The summed E-state index contributed by atoms with van der Waals surface area (Å²) in [5.41, 5.74) is -0.520. The molecule has 0 saturated carbocycles. The number of aromatic nitrogens is 3. The average molecular weight is 372 g/mol. The molecule has 0 saturated heterocycles. The zero-order chi connectivity index (χ0) is 18.8. The number of carboxylic acids is 1. The third-order valence-corrected chi connectivity index (χ3v) is 3.97. The van der Waals surface area contributed by atoms with E-state index in [1.54, 1.807) is 30.3 Å². The van der Waals surface area contributed by atoms with Crippen molar-refractivity contribution in [2.75, 3.05) is 0 Å². The van der Waals surface area contributed by atoms with Crippen molar-refractivity contribution in [1.82, 2.24) is 14.3 Å². The second kappa shape index (κ2) is 6.97. The van der Waals surface area contributed by atoms with Gasteiger partial charge in [0.1, 0.15) is 0 Å². The molecule has 7 nitrogen and oxygen atoms in total. The van der Waals surface area contributed by atoms with Gasteiger partial charge in [0.15, 0.2) is 0 Å². The van der Waals surface area contributed by atoms with E-state index in [2.05, 4.69) is 5.10 Å². The van der Waals surface area contributed by atoms with Crippen molar-refractivity contribution in [3.05, 3.63) is 91.2 Å². The molecule has 8 heteroatoms. The highest BCUT2D eigenvalue weighted by atomic mass is 35.5. The minimum Gasteiger partial charge on any atom is -0.476 e. The summed E-state index contributed by atoms with van der Waals surface area (Å²) >= 11 is 5.94. The van der Waals surface area contributed by atoms with Crippen molar-refractivity contribution < 1.29 is 9.90 Å². The summed E-state index contributed by atoms with van der Waals surface area (Å²) in [5.74, 6) is -1.51. The fourth-order valence-corrected chi connectivity index (χ4v) is 2.74. The second-order valence-corrected chi connectivity index (χ2v) is 6.14. The van der Waals surface area contributed by atoms with Crippen LogP contribution < -0.4 is 11.2 Å². The molecular formula is C18H14ClN3O4. The third-order valence-electron chi connectivity index (χ3n) is 3.74. The Labute approximate surface area is 152 Å². The highest BCUT2D eigenvalue weighted by molar-refractivity contribution is 6.30. The highest BCUT2D eigenvalue weighted by Crippen LogP contribution is 2.12. The van der Waals surface area contributed by atoms with E-state index in [0.29, 0.717) is 10.6 Å². The van der Waals surface area contributed by atoms with Crippen LogP contribution in [0.15, 0.2) is 58.1 Å². The lowest BCUT2D eigenvalue weighted by Gasteiger charge is -2.11. The molecule has 132 valence electrons. The molecule has 3 rings (SSSR count). The first-order valence-electron chi connectivity index (χ1n) is 7.66. The number of hydrogen-bond acceptors (Lipinski definition) is 4. The number of aromatic carboxylic acids is 1. The molecule has 2 aromatic carbocycles. The smallest absolute Gasteiger partial charge is 0.362 e. The molecule has 3 aromatic rings. The molecule has 0 bridgehead atoms. The molecule has 0 aliphatic carbocycles. The number of carbonyl (C=O) groups is 1. The summed E-state index contributed by atoms with van der Waals surface area (Å²) in [5, 5.41) is 13.4. The molecular weight excluding hydrogens is 358 g/mol. The molecule has 0 fully saturated rings. The largest absolute Gasteiger partial charge is 0.476 e. The lowest BCUT2D eigenvalue weighted by atomic mass is 10.1. The van der Waals surface area contributed by atoms with E-state index in [1.807, 2.05) is 19.1 Å². The van der Waals surface area contributed by atoms with Crippen LogP contribution in [0.2, 0.25) is 5.02 Å². The maximum Gasteiger partial charge on any atom is 0.362 e. The predicted molar refractivity (Wildman–Crippen MR) is 96.3 cm³/mol. The first-order valence-corrected chi connectivity index (χ1v) is 8.03. The zero-order valence-electron chi connectivity index (χ0n) is 13.7. The van der Waals surface area contributed by atoms with E-state index >= 15 is 0 Å². The van der Waals surface area contributed by atoms with Gasteiger partial charge in [0.25, 0.3) is 5.56 Å². The van der Waals surface area contributed by atoms with Gasteiger partial charge in [-0.25, -0.2) is 9.59 Å². The number of benzene rings is 2. The van der Waals surface area contributed by atoms with Crippen molar-refractivity contribution in [3.8, 4) is 5.69 Å². The Bertz CT molecular complexity index is 1120. The average Bonchev–Trinajstić information content (AvgIpc) is 2.58. The monoisotopic (exact) mass is 371 g/mol. The molecule has 26 heavy (non-hydrogen) atoms. The molecule has 0 spiro atoms. The van der Waals surface area contributed by atoms with E-state index in [0.717, 1.165) is 14.8 Å². The van der Waals surface area contributed by atoms with Crippen molar-refractivity contribution in [1.29, 1.82) is 0 Å². The molecule has 1 N–H and O–H groups in total. The van der Waals surface area contributed by atoms with Gasteiger partial charge < -0.3 is 5.11 Å². The third kappa shape index (κ3) is 3.43. The Morgan fingerprint density at radius 1 is 1.15 bits per heavy atom. The summed E-state index contributed by atoms with van der Waals surface area (Å²) in [6.07, 6.45) is 0. The maximum absolute atomic E-state index is 12.8. The fourth-order valence-electron chi connectivity index (χ4n) is 2.56. The van der Waals surface area contributed by atoms with E-state index in [-0.39, 0.29) is 12.2 Å². The Kier molecular flexibility index (Phi) is 4.73. The minimum atomic E-state index is -1.51. The van der Waals surface area contributed by atoms with E-state index < -0.39 is 22.9 Å². The standard InChI is InChI=1S/C18H14ClN3O4/c1-11-4-2-5-12(8-11)10-21-16(23)15(17(24)25)20-22(18(21)26)14-7-3-6-13(19)9-14/h2-9H,10H2,1H3,(H,24,25). The summed E-state index contributed by atoms with van der Waals surface area (Å²) in [4.78, 5) is 36.7. The van der Waals surface area contributed by atoms with Crippen LogP contribution in [-0.2, 0) is 6.54 Å². The van der Waals surface area contributed by atoms with Gasteiger partial charge >= 0.3 is 11.7 Å². The topological polar surface area (TPSA) is 94.2 Å². The number of carboxylic acid groups (broad SMARTS) is 1. The van der Waals surface area contributed by atoms with Gasteiger partial charge in [-0.15, -0.1) is 0 Å². The zero-order valence-corrected chi connectivity index (χ0v) is 14.5. The van der Waals surface area contributed by atoms with Crippen LogP contribution in [0.25, 0.3) is 5.69 Å². The van der Waals surface area contributed by atoms with Gasteiger partial charge in [0.05, 0.1) is 12.2 Å². The van der Waals surface area contributed by atoms with Gasteiger partial charge in [-0.1, -0.05) is 47.5 Å². The van der Waals surface area contributed by atoms with Gasteiger partial charge in [-0.3, -0.25) is 9.36 Å². The fraction of sp³-hybridized carbons (Fsp3) is 0.111. The Hall–Kier alpha value is -3.19. The van der Waals surface area contributed by atoms with Gasteiger partial charge in [0.2, 0.25) is 5.69 Å². The molecule has 1 heterocycles. The van der Waals surface area contributed by atoms with Crippen LogP contribution in [0.4, 0.5) is 0 Å². The Balaban J connectivity index is 2.24. The quantitative estimate of drug-likeness (QED) is 0.758. The van der Waals surface area contributed by atoms with Crippen molar-refractivity contribution in [2.45, 2.75) is 13.5 Å². The summed E-state index contributed by atoms with van der Waals surface area (Å²) in [6, 6.07) is 13.5. The van der Waals surface area contributed by atoms with Crippen LogP contribution in [0.1, 0.15) is 21.6 Å². The SMILES string of the molecule is Cc1cccc(Cn2c(=O)c(C(=O)O)nn(-c3cccc(Cl)c3)c2=O)c1. The Morgan fingerprint density at radius 2 is 1.88 bits per heavy atom. The summed E-state index contributed by atoms with van der Waals surface area (Å²) in [7, 11) is 0. The first-order chi connectivity index (χ1) is 12.4. The van der Waals surface area contributed by atoms with Gasteiger partial charge in [-0.05, 0) is 30.7 Å². The van der Waals surface area contributed by atoms with E-state index in [1.165, 1.54) is 6.07 Å². The molecule has 0 aliphatic heterocycles. The lowest BCUT2D eigenvalue weighted by Crippen LogP contribution is -2.44. The van der Waals surface area contributed by atoms with Gasteiger partial charge in [-0.2, -0.15) is 9.78 Å². The molecule has 1 aromatic heterocycles. The number of hydrogen-bond donors (Lipinski definition) is 1. The minimum absolute atomic E-state index is 0.0668. The highest BCUT2D eigenvalue weighted by Gasteiger charge is 2.19. The normalized spacial score (nSPS) is 10.7. The number of nitrogens with zero attached hydrogens (tertiary/aromatic N) is 3. The molecule has 0 radical (unpaired) electrons. The second-order valence-electron chi connectivity index (χ2n) is 5.71. The van der Waals surface area contributed by atoms with Crippen LogP contribution in [0.3, 0.4) is 0 Å². The van der Waals surface area contributed by atoms with Crippen molar-refractivity contribution >= 4 is 17.6 Å². The maximum atomic E-state index is 12.8. The van der Waals surface area contributed by atoms with E-state index in [9.17, 15) is 19.5 Å². The number of halogens is 1. The number of rotatable bonds is 4. The molecule has 0 amide bonds. The van der Waals surface area contributed by atoms with Crippen LogP contribution >= 0.6 is 11.6 Å². The van der Waals surface area contributed by atoms with Gasteiger partial charge in [0, 0.05) is 5.02 Å². The van der Waals surface area contributed by atoms with Crippen LogP contribution in [-0.4, -0.2) is 25.4 Å². The summed E-state index contributed by atoms with van der Waals surface area (Å²) in [6.45, 7) is 1.81. The first kappa shape index (κ1) is 17.6. The van der Waals surface area contributed by atoms with Crippen molar-refractivity contribution in [3.63, 3.8) is 0 Å². The number of aryl methyl sites for hydroxylation is 1. The van der Waals surface area contributed by atoms with E-state index in [4.69, 9.17) is 11.6 Å². The van der Waals surface area contributed by atoms with Crippen molar-refractivity contribution in [2.24, 2.45) is 0 Å². The van der Waals surface area contributed by atoms with Crippen LogP contribution in [0, 0.1) is 6.92 Å². The lowest BCUT2D eigenvalue weighted by molar-refractivity contribution is 0.0684.